The van der Waals surface area contributed by atoms with Gasteiger partial charge < -0.3 is 9.84 Å². The summed E-state index contributed by atoms with van der Waals surface area (Å²) in [5.74, 6) is 0. The Kier molecular flexibility index (Phi) is 6.49. The van der Waals surface area contributed by atoms with Crippen LogP contribution in [0.1, 0.15) is 13.3 Å². The second-order valence-electron chi connectivity index (χ2n) is 4.15. The van der Waals surface area contributed by atoms with Crippen molar-refractivity contribution in [2.75, 3.05) is 45.9 Å². The van der Waals surface area contributed by atoms with Crippen molar-refractivity contribution < 1.29 is 23.1 Å². The molecule has 1 aliphatic rings. The van der Waals surface area contributed by atoms with Crippen molar-refractivity contribution in [2.45, 2.75) is 13.3 Å². The molecule has 1 amide bonds. The number of nitrogens with one attached hydrogen (secondary N) is 1. The van der Waals surface area contributed by atoms with Crippen molar-refractivity contribution in [1.82, 2.24) is 13.9 Å². The van der Waals surface area contributed by atoms with E-state index in [2.05, 4.69) is 4.74 Å². The highest BCUT2D eigenvalue weighted by Gasteiger charge is 2.26. The molecule has 0 saturated carbocycles. The van der Waals surface area contributed by atoms with E-state index in [1.54, 1.807) is 6.92 Å². The first-order valence-electron chi connectivity index (χ1n) is 6.27. The van der Waals surface area contributed by atoms with Crippen LogP contribution < -0.4 is 4.72 Å². The number of hydrogen-bond acceptors (Lipinski definition) is 6. The summed E-state index contributed by atoms with van der Waals surface area (Å²) in [7, 11) is -3.85. The molecule has 0 aliphatic carbocycles. The van der Waals surface area contributed by atoms with Crippen LogP contribution in [0.3, 0.4) is 0 Å². The predicted molar refractivity (Wildman–Crippen MR) is 68.8 cm³/mol. The van der Waals surface area contributed by atoms with E-state index in [1.807, 2.05) is 9.62 Å². The lowest BCUT2D eigenvalue weighted by Crippen LogP contribution is -2.45. The maximum Gasteiger partial charge on any atom is 0.421 e. The molecular formula is C10H21N3O5S. The molecule has 0 aromatic rings. The minimum Gasteiger partial charge on any atom is -0.449 e. The van der Waals surface area contributed by atoms with Crippen LogP contribution in [0.4, 0.5) is 4.79 Å². The number of β-amino-alcohol motifs (C(OH)–C–C–N with tert-alkyl or cyclic N) is 1. The molecule has 0 spiro atoms. The summed E-state index contributed by atoms with van der Waals surface area (Å²) >= 11 is 0. The summed E-state index contributed by atoms with van der Waals surface area (Å²) in [5, 5.41) is 8.87. The molecule has 0 radical (unpaired) electrons. The van der Waals surface area contributed by atoms with Crippen molar-refractivity contribution in [3.63, 3.8) is 0 Å². The summed E-state index contributed by atoms with van der Waals surface area (Å²) in [6.45, 7) is 4.19. The predicted octanol–water partition coefficient (Wildman–Crippen LogP) is -1.02. The van der Waals surface area contributed by atoms with Crippen molar-refractivity contribution in [3.8, 4) is 0 Å². The van der Waals surface area contributed by atoms with E-state index in [-0.39, 0.29) is 19.8 Å². The monoisotopic (exact) mass is 295 g/mol. The van der Waals surface area contributed by atoms with Crippen molar-refractivity contribution >= 4 is 16.3 Å². The van der Waals surface area contributed by atoms with Crippen molar-refractivity contribution in [1.29, 1.82) is 0 Å². The van der Waals surface area contributed by atoms with Gasteiger partial charge in [0.2, 0.25) is 0 Å². The van der Waals surface area contributed by atoms with Gasteiger partial charge in [-0.25, -0.2) is 9.52 Å². The van der Waals surface area contributed by atoms with Crippen LogP contribution in [0.25, 0.3) is 0 Å². The lowest BCUT2D eigenvalue weighted by Gasteiger charge is -2.20. The molecule has 2 N–H and O–H groups in total. The first kappa shape index (κ1) is 16.2. The van der Waals surface area contributed by atoms with Crippen LogP contribution >= 0.6 is 0 Å². The Morgan fingerprint density at radius 1 is 1.32 bits per heavy atom. The number of amides is 1. The molecular weight excluding hydrogens is 274 g/mol. The SMILES string of the molecule is CCOC(=O)NS(=O)(=O)N1CCCN(CCO)CC1. The summed E-state index contributed by atoms with van der Waals surface area (Å²) in [5.41, 5.74) is 0. The van der Waals surface area contributed by atoms with Gasteiger partial charge in [-0.1, -0.05) is 0 Å². The van der Waals surface area contributed by atoms with E-state index >= 15 is 0 Å². The first-order chi connectivity index (χ1) is 8.99. The van der Waals surface area contributed by atoms with E-state index in [0.29, 0.717) is 26.1 Å². The molecule has 0 aromatic carbocycles. The quantitative estimate of drug-likeness (QED) is 0.673. The lowest BCUT2D eigenvalue weighted by atomic mass is 10.4. The van der Waals surface area contributed by atoms with Gasteiger partial charge in [0, 0.05) is 26.2 Å². The number of ether oxygens (including phenoxy) is 1. The van der Waals surface area contributed by atoms with Gasteiger partial charge in [0.15, 0.2) is 0 Å². The zero-order valence-corrected chi connectivity index (χ0v) is 11.9. The molecule has 1 aliphatic heterocycles. The largest absolute Gasteiger partial charge is 0.449 e. The Hall–Kier alpha value is -0.900. The molecule has 1 fully saturated rings. The smallest absolute Gasteiger partial charge is 0.421 e. The number of carbonyl (C=O) groups excluding carboxylic acids is 1. The fourth-order valence-electron chi connectivity index (χ4n) is 1.88. The second kappa shape index (κ2) is 7.63. The van der Waals surface area contributed by atoms with E-state index < -0.39 is 16.3 Å². The van der Waals surface area contributed by atoms with Crippen LogP contribution in [0.5, 0.6) is 0 Å². The Morgan fingerprint density at radius 2 is 2.05 bits per heavy atom. The van der Waals surface area contributed by atoms with E-state index in [9.17, 15) is 13.2 Å². The maximum atomic E-state index is 11.9. The Balaban J connectivity index is 2.56. The Bertz CT molecular complexity index is 387. The molecule has 0 atom stereocenters. The Morgan fingerprint density at radius 3 is 2.68 bits per heavy atom. The van der Waals surface area contributed by atoms with Crippen LogP contribution in [0, 0.1) is 0 Å². The highest BCUT2D eigenvalue weighted by Crippen LogP contribution is 2.06. The molecule has 0 bridgehead atoms. The van der Waals surface area contributed by atoms with Gasteiger partial charge in [-0.2, -0.15) is 12.7 Å². The second-order valence-corrected chi connectivity index (χ2v) is 5.82. The topological polar surface area (TPSA) is 99.2 Å². The molecule has 112 valence electrons. The summed E-state index contributed by atoms with van der Waals surface area (Å²) < 4.78 is 31.5. The minimum absolute atomic E-state index is 0.0494. The van der Waals surface area contributed by atoms with Gasteiger partial charge in [-0.15, -0.1) is 0 Å². The van der Waals surface area contributed by atoms with Gasteiger partial charge >= 0.3 is 16.3 Å². The molecule has 1 heterocycles. The van der Waals surface area contributed by atoms with E-state index in [1.165, 1.54) is 4.31 Å². The fraction of sp³-hybridized carbons (Fsp3) is 0.900. The molecule has 1 rings (SSSR count). The van der Waals surface area contributed by atoms with Gasteiger partial charge in [0.05, 0.1) is 13.2 Å². The molecule has 0 aromatic heterocycles. The van der Waals surface area contributed by atoms with Crippen LogP contribution in [0.2, 0.25) is 0 Å². The molecule has 9 heteroatoms. The van der Waals surface area contributed by atoms with Gasteiger partial charge in [-0.3, -0.25) is 4.90 Å². The van der Waals surface area contributed by atoms with Crippen molar-refractivity contribution in [2.24, 2.45) is 0 Å². The number of aliphatic hydroxyl groups excluding tert-OH is 1. The summed E-state index contributed by atoms with van der Waals surface area (Å²) in [6, 6.07) is 0. The van der Waals surface area contributed by atoms with Crippen LogP contribution in [-0.4, -0.2) is 74.8 Å². The first-order valence-corrected chi connectivity index (χ1v) is 7.71. The summed E-state index contributed by atoms with van der Waals surface area (Å²) in [6.07, 6.45) is -0.303. The third kappa shape index (κ3) is 5.31. The average molecular weight is 295 g/mol. The molecule has 8 nitrogen and oxygen atoms in total. The van der Waals surface area contributed by atoms with Crippen LogP contribution in [0.15, 0.2) is 0 Å². The lowest BCUT2D eigenvalue weighted by molar-refractivity contribution is 0.158. The van der Waals surface area contributed by atoms with Gasteiger partial charge in [0.25, 0.3) is 0 Å². The highest BCUT2D eigenvalue weighted by molar-refractivity contribution is 7.87. The number of aliphatic hydroxyl groups is 1. The molecule has 0 unspecified atom stereocenters. The standard InChI is InChI=1S/C10H21N3O5S/c1-2-18-10(15)11-19(16,17)13-5-3-4-12(6-7-13)8-9-14/h14H,2-9H2,1H3,(H,11,15). The average Bonchev–Trinajstić information content (AvgIpc) is 2.55. The molecule has 19 heavy (non-hydrogen) atoms. The number of rotatable bonds is 5. The number of nitrogens with zero attached hydrogens (tertiary/aromatic N) is 2. The van der Waals surface area contributed by atoms with Crippen molar-refractivity contribution in [3.05, 3.63) is 0 Å². The summed E-state index contributed by atoms with van der Waals surface area (Å²) in [4.78, 5) is 13.2. The fourth-order valence-corrected chi connectivity index (χ4v) is 2.97. The van der Waals surface area contributed by atoms with Gasteiger partial charge in [-0.05, 0) is 19.9 Å². The maximum absolute atomic E-state index is 11.9. The van der Waals surface area contributed by atoms with E-state index in [4.69, 9.17) is 5.11 Å². The normalized spacial score (nSPS) is 18.8. The van der Waals surface area contributed by atoms with E-state index in [0.717, 1.165) is 6.54 Å². The number of hydrogen-bond donors (Lipinski definition) is 2. The number of carbonyl (C=O) groups is 1. The third-order valence-corrected chi connectivity index (χ3v) is 4.26. The zero-order valence-electron chi connectivity index (χ0n) is 11.0. The zero-order chi connectivity index (χ0) is 14.3. The Labute approximate surface area is 113 Å². The highest BCUT2D eigenvalue weighted by atomic mass is 32.2. The minimum atomic E-state index is -3.85. The van der Waals surface area contributed by atoms with Gasteiger partial charge in [0.1, 0.15) is 0 Å². The van der Waals surface area contributed by atoms with Crippen LogP contribution in [-0.2, 0) is 14.9 Å². The third-order valence-electron chi connectivity index (χ3n) is 2.79. The molecule has 1 saturated heterocycles.